The van der Waals surface area contributed by atoms with Crippen molar-refractivity contribution in [2.45, 2.75) is 37.8 Å². The molecule has 2 aliphatic heterocycles. The predicted molar refractivity (Wildman–Crippen MR) is 97.4 cm³/mol. The third kappa shape index (κ3) is 3.26. The molecule has 0 bridgehead atoms. The van der Waals surface area contributed by atoms with Crippen LogP contribution in [-0.4, -0.2) is 46.5 Å². The fourth-order valence-corrected chi connectivity index (χ4v) is 4.12. The molecule has 1 N–H and O–H groups in total. The van der Waals surface area contributed by atoms with Crippen LogP contribution in [0.3, 0.4) is 0 Å². The molecule has 0 aliphatic carbocycles. The maximum atomic E-state index is 10.8. The van der Waals surface area contributed by atoms with Gasteiger partial charge in [-0.25, -0.2) is 4.98 Å². The van der Waals surface area contributed by atoms with E-state index in [1.165, 1.54) is 0 Å². The molecule has 1 aromatic heterocycles. The lowest BCUT2D eigenvalue weighted by atomic mass is 9.79. The molecule has 0 radical (unpaired) electrons. The Balaban J connectivity index is 1.62. The first-order valence-corrected chi connectivity index (χ1v) is 9.09. The van der Waals surface area contributed by atoms with Gasteiger partial charge in [-0.3, -0.25) is 4.98 Å². The predicted octanol–water partition coefficient (Wildman–Crippen LogP) is 2.90. The van der Waals surface area contributed by atoms with Crippen molar-refractivity contribution in [1.29, 1.82) is 0 Å². The molecule has 5 heteroatoms. The minimum absolute atomic E-state index is 0.103. The van der Waals surface area contributed by atoms with Crippen molar-refractivity contribution in [2.24, 2.45) is 5.92 Å². The molecule has 5 nitrogen and oxygen atoms in total. The largest absolute Gasteiger partial charge is 0.390 e. The number of hydrogen-bond donors (Lipinski definition) is 1. The van der Waals surface area contributed by atoms with Crippen LogP contribution in [0.1, 0.15) is 26.2 Å². The highest BCUT2D eigenvalue weighted by molar-refractivity contribution is 5.60. The summed E-state index contributed by atoms with van der Waals surface area (Å²) < 4.78 is 5.68. The standard InChI is InChI=1S/C20H25N3O2/c1-20(24)9-11-25-14-16(20)18-8-5-10-23(18)19-13-21-12-17(22-19)15-6-3-2-4-7-15/h2-4,6-7,12-13,16,18,24H,5,8-11,14H2,1H3/t16-,18+,20+/m1/s1. The topological polar surface area (TPSA) is 58.5 Å². The van der Waals surface area contributed by atoms with E-state index < -0.39 is 5.60 Å². The van der Waals surface area contributed by atoms with Crippen LogP contribution in [0.25, 0.3) is 11.3 Å². The van der Waals surface area contributed by atoms with Crippen LogP contribution in [0.2, 0.25) is 0 Å². The normalized spacial score (nSPS) is 29.8. The van der Waals surface area contributed by atoms with Gasteiger partial charge in [0.05, 0.1) is 30.3 Å². The quantitative estimate of drug-likeness (QED) is 0.932. The van der Waals surface area contributed by atoms with E-state index in [1.54, 1.807) is 0 Å². The van der Waals surface area contributed by atoms with E-state index in [9.17, 15) is 5.11 Å². The molecule has 0 amide bonds. The van der Waals surface area contributed by atoms with Crippen LogP contribution in [0.15, 0.2) is 42.7 Å². The SMILES string of the molecule is C[C@]1(O)CCOC[C@@H]1[C@@H]1CCCN1c1cncc(-c2ccccc2)n1. The van der Waals surface area contributed by atoms with E-state index >= 15 is 0 Å². The van der Waals surface area contributed by atoms with Crippen molar-refractivity contribution < 1.29 is 9.84 Å². The second-order valence-electron chi connectivity index (χ2n) is 7.32. The highest BCUT2D eigenvalue weighted by Crippen LogP contribution is 2.37. The van der Waals surface area contributed by atoms with Crippen molar-refractivity contribution in [3.05, 3.63) is 42.7 Å². The summed E-state index contributed by atoms with van der Waals surface area (Å²) in [4.78, 5) is 11.6. The summed E-state index contributed by atoms with van der Waals surface area (Å²) in [6, 6.07) is 10.4. The third-order valence-electron chi connectivity index (χ3n) is 5.60. The van der Waals surface area contributed by atoms with Crippen LogP contribution in [0.4, 0.5) is 5.82 Å². The van der Waals surface area contributed by atoms with E-state index in [1.807, 2.05) is 37.5 Å². The molecule has 4 rings (SSSR count). The number of ether oxygens (including phenoxy) is 1. The fourth-order valence-electron chi connectivity index (χ4n) is 4.12. The number of nitrogens with zero attached hydrogens (tertiary/aromatic N) is 3. The minimum atomic E-state index is -0.685. The van der Waals surface area contributed by atoms with Gasteiger partial charge in [-0.15, -0.1) is 0 Å². The van der Waals surface area contributed by atoms with E-state index in [-0.39, 0.29) is 12.0 Å². The molecule has 0 unspecified atom stereocenters. The zero-order valence-corrected chi connectivity index (χ0v) is 14.6. The van der Waals surface area contributed by atoms with Gasteiger partial charge in [-0.1, -0.05) is 30.3 Å². The first kappa shape index (κ1) is 16.5. The number of aromatic nitrogens is 2. The van der Waals surface area contributed by atoms with Crippen LogP contribution < -0.4 is 4.90 Å². The van der Waals surface area contributed by atoms with Crippen molar-refractivity contribution in [3.63, 3.8) is 0 Å². The Morgan fingerprint density at radius 1 is 1.24 bits per heavy atom. The van der Waals surface area contributed by atoms with Crippen molar-refractivity contribution in [3.8, 4) is 11.3 Å². The van der Waals surface area contributed by atoms with Gasteiger partial charge in [0.1, 0.15) is 5.82 Å². The number of rotatable bonds is 3. The monoisotopic (exact) mass is 339 g/mol. The summed E-state index contributed by atoms with van der Waals surface area (Å²) in [5.41, 5.74) is 1.27. The maximum absolute atomic E-state index is 10.8. The van der Waals surface area contributed by atoms with Gasteiger partial charge in [0, 0.05) is 30.7 Å². The molecular weight excluding hydrogens is 314 g/mol. The molecule has 0 saturated carbocycles. The fraction of sp³-hybridized carbons (Fsp3) is 0.500. The first-order valence-electron chi connectivity index (χ1n) is 9.09. The number of anilines is 1. The lowest BCUT2D eigenvalue weighted by Gasteiger charge is -2.43. The molecule has 3 atom stereocenters. The average molecular weight is 339 g/mol. The lowest BCUT2D eigenvalue weighted by molar-refractivity contribution is -0.108. The number of hydrogen-bond acceptors (Lipinski definition) is 5. The van der Waals surface area contributed by atoms with Crippen molar-refractivity contribution in [1.82, 2.24) is 9.97 Å². The molecule has 25 heavy (non-hydrogen) atoms. The van der Waals surface area contributed by atoms with Gasteiger partial charge < -0.3 is 14.7 Å². The van der Waals surface area contributed by atoms with Gasteiger partial charge in [-0.05, 0) is 26.2 Å². The van der Waals surface area contributed by atoms with Crippen LogP contribution in [0.5, 0.6) is 0 Å². The molecule has 132 valence electrons. The summed E-state index contributed by atoms with van der Waals surface area (Å²) in [6.45, 7) is 4.15. The molecule has 2 saturated heterocycles. The number of aliphatic hydroxyl groups is 1. The molecule has 2 fully saturated rings. The van der Waals surface area contributed by atoms with Gasteiger partial charge in [0.25, 0.3) is 0 Å². The van der Waals surface area contributed by atoms with Gasteiger partial charge >= 0.3 is 0 Å². The van der Waals surface area contributed by atoms with Crippen molar-refractivity contribution in [2.75, 3.05) is 24.7 Å². The molecule has 3 heterocycles. The Kier molecular flexibility index (Phi) is 4.44. The zero-order chi connectivity index (χ0) is 17.3. The van der Waals surface area contributed by atoms with E-state index in [4.69, 9.17) is 9.72 Å². The minimum Gasteiger partial charge on any atom is -0.390 e. The van der Waals surface area contributed by atoms with Crippen LogP contribution in [-0.2, 0) is 4.74 Å². The summed E-state index contributed by atoms with van der Waals surface area (Å²) in [5.74, 6) is 0.996. The first-order chi connectivity index (χ1) is 12.1. The Morgan fingerprint density at radius 2 is 2.08 bits per heavy atom. The molecule has 1 aromatic carbocycles. The zero-order valence-electron chi connectivity index (χ0n) is 14.6. The van der Waals surface area contributed by atoms with Crippen molar-refractivity contribution >= 4 is 5.82 Å². The Hall–Kier alpha value is -1.98. The van der Waals surface area contributed by atoms with E-state index in [2.05, 4.69) is 22.0 Å². The molecular formula is C20H25N3O2. The Morgan fingerprint density at radius 3 is 2.88 bits per heavy atom. The number of benzene rings is 1. The highest BCUT2D eigenvalue weighted by atomic mass is 16.5. The molecule has 2 aromatic rings. The third-order valence-corrected chi connectivity index (χ3v) is 5.60. The molecule has 0 spiro atoms. The van der Waals surface area contributed by atoms with E-state index in [0.29, 0.717) is 19.6 Å². The van der Waals surface area contributed by atoms with Gasteiger partial charge in [0.15, 0.2) is 0 Å². The smallest absolute Gasteiger partial charge is 0.148 e. The summed E-state index contributed by atoms with van der Waals surface area (Å²) in [5, 5.41) is 10.8. The van der Waals surface area contributed by atoms with Crippen LogP contribution >= 0.6 is 0 Å². The summed E-state index contributed by atoms with van der Waals surface area (Å²) in [6.07, 6.45) is 6.50. The highest BCUT2D eigenvalue weighted by Gasteiger charge is 2.44. The Labute approximate surface area is 148 Å². The van der Waals surface area contributed by atoms with Crippen LogP contribution in [0, 0.1) is 5.92 Å². The summed E-state index contributed by atoms with van der Waals surface area (Å²) in [7, 11) is 0. The molecule has 2 aliphatic rings. The Bertz CT molecular complexity index is 720. The second-order valence-corrected chi connectivity index (χ2v) is 7.32. The van der Waals surface area contributed by atoms with Gasteiger partial charge in [0.2, 0.25) is 0 Å². The van der Waals surface area contributed by atoms with E-state index in [0.717, 1.165) is 36.5 Å². The van der Waals surface area contributed by atoms with Gasteiger partial charge in [-0.2, -0.15) is 0 Å². The second kappa shape index (κ2) is 6.73. The summed E-state index contributed by atoms with van der Waals surface area (Å²) >= 11 is 0. The average Bonchev–Trinajstić information content (AvgIpc) is 3.11. The maximum Gasteiger partial charge on any atom is 0.148 e. The lowest BCUT2D eigenvalue weighted by Crippen LogP contribution is -2.52.